The van der Waals surface area contributed by atoms with Gasteiger partial charge >= 0.3 is 0 Å². The molecule has 16 heavy (non-hydrogen) atoms. The third-order valence-corrected chi connectivity index (χ3v) is 2.70. The Labute approximate surface area is 99.7 Å². The number of hydrogen-bond donors (Lipinski definition) is 1. The van der Waals surface area contributed by atoms with Gasteiger partial charge in [-0.15, -0.1) is 0 Å². The molecule has 0 fully saturated rings. The van der Waals surface area contributed by atoms with E-state index in [0.29, 0.717) is 6.04 Å². The van der Waals surface area contributed by atoms with Crippen molar-refractivity contribution in [3.63, 3.8) is 0 Å². The van der Waals surface area contributed by atoms with E-state index in [2.05, 4.69) is 62.3 Å². The van der Waals surface area contributed by atoms with Crippen LogP contribution in [0.3, 0.4) is 0 Å². The Balaban J connectivity index is 2.29. The summed E-state index contributed by atoms with van der Waals surface area (Å²) in [7, 11) is 2.15. The van der Waals surface area contributed by atoms with Gasteiger partial charge in [0, 0.05) is 25.3 Å². The number of aryl methyl sites for hydroxylation is 1. The maximum absolute atomic E-state index is 3.43. The smallest absolute Gasteiger partial charge is 0.0363 e. The molecule has 0 bridgehead atoms. The lowest BCUT2D eigenvalue weighted by Crippen LogP contribution is -2.27. The fourth-order valence-electron chi connectivity index (χ4n) is 1.64. The molecule has 1 rings (SSSR count). The topological polar surface area (TPSA) is 15.3 Å². The fraction of sp³-hybridized carbons (Fsp3) is 0.571. The van der Waals surface area contributed by atoms with Crippen LogP contribution in [0, 0.1) is 6.92 Å². The van der Waals surface area contributed by atoms with E-state index in [1.807, 2.05) is 0 Å². The van der Waals surface area contributed by atoms with Crippen molar-refractivity contribution in [1.29, 1.82) is 0 Å². The van der Waals surface area contributed by atoms with Crippen molar-refractivity contribution in [3.8, 4) is 0 Å². The van der Waals surface area contributed by atoms with Gasteiger partial charge in [0.25, 0.3) is 0 Å². The van der Waals surface area contributed by atoms with E-state index >= 15 is 0 Å². The minimum atomic E-state index is 0.588. The van der Waals surface area contributed by atoms with Gasteiger partial charge in [-0.2, -0.15) is 0 Å². The molecule has 0 spiro atoms. The molecule has 2 nitrogen and oxygen atoms in total. The molecule has 90 valence electrons. The van der Waals surface area contributed by atoms with Crippen molar-refractivity contribution in [1.82, 2.24) is 5.32 Å². The molecule has 0 aliphatic rings. The molecule has 0 radical (unpaired) electrons. The highest BCUT2D eigenvalue weighted by molar-refractivity contribution is 5.46. The maximum atomic E-state index is 3.43. The predicted octanol–water partition coefficient (Wildman–Crippen LogP) is 2.82. The largest absolute Gasteiger partial charge is 0.375 e. The van der Waals surface area contributed by atoms with Gasteiger partial charge in [0.05, 0.1) is 0 Å². The number of anilines is 1. The average molecular weight is 220 g/mol. The molecule has 0 amide bonds. The zero-order valence-corrected chi connectivity index (χ0v) is 11.0. The molecule has 0 unspecified atom stereocenters. The zero-order valence-electron chi connectivity index (χ0n) is 11.0. The average Bonchev–Trinajstić information content (AvgIpc) is 2.25. The summed E-state index contributed by atoms with van der Waals surface area (Å²) in [5.74, 6) is 0. The molecular weight excluding hydrogens is 196 g/mol. The highest BCUT2D eigenvalue weighted by Gasteiger charge is 2.00. The Morgan fingerprint density at radius 3 is 2.38 bits per heavy atom. The van der Waals surface area contributed by atoms with Gasteiger partial charge in [0.2, 0.25) is 0 Å². The Bertz CT molecular complexity index is 290. The van der Waals surface area contributed by atoms with Crippen LogP contribution in [-0.4, -0.2) is 26.2 Å². The highest BCUT2D eigenvalue weighted by atomic mass is 15.1. The molecule has 0 atom stereocenters. The summed E-state index contributed by atoms with van der Waals surface area (Å²) in [5, 5.41) is 3.43. The van der Waals surface area contributed by atoms with E-state index in [9.17, 15) is 0 Å². The van der Waals surface area contributed by atoms with Gasteiger partial charge in [-0.05, 0) is 32.0 Å². The molecule has 0 aromatic heterocycles. The lowest BCUT2D eigenvalue weighted by atomic mass is 10.2. The van der Waals surface area contributed by atoms with Crippen molar-refractivity contribution >= 4 is 5.69 Å². The lowest BCUT2D eigenvalue weighted by Gasteiger charge is -2.20. The van der Waals surface area contributed by atoms with Gasteiger partial charge in [-0.25, -0.2) is 0 Å². The number of benzene rings is 1. The van der Waals surface area contributed by atoms with Crippen molar-refractivity contribution in [2.24, 2.45) is 0 Å². The molecule has 0 aliphatic heterocycles. The first-order valence-corrected chi connectivity index (χ1v) is 6.11. The van der Waals surface area contributed by atoms with Crippen LogP contribution >= 0.6 is 0 Å². The summed E-state index contributed by atoms with van der Waals surface area (Å²) >= 11 is 0. The summed E-state index contributed by atoms with van der Waals surface area (Å²) < 4.78 is 0. The molecule has 1 aromatic rings. The van der Waals surface area contributed by atoms with Gasteiger partial charge in [-0.3, -0.25) is 0 Å². The summed E-state index contributed by atoms with van der Waals surface area (Å²) in [4.78, 5) is 2.31. The quantitative estimate of drug-likeness (QED) is 0.742. The van der Waals surface area contributed by atoms with E-state index < -0.39 is 0 Å². The SMILES string of the molecule is Cc1ccc(N(C)CCCNC(C)C)cc1. The molecule has 0 heterocycles. The van der Waals surface area contributed by atoms with Gasteiger partial charge in [-0.1, -0.05) is 31.5 Å². The van der Waals surface area contributed by atoms with E-state index in [4.69, 9.17) is 0 Å². The van der Waals surface area contributed by atoms with E-state index in [-0.39, 0.29) is 0 Å². The van der Waals surface area contributed by atoms with Crippen molar-refractivity contribution < 1.29 is 0 Å². The normalized spacial score (nSPS) is 10.8. The van der Waals surface area contributed by atoms with Crippen LogP contribution in [0.15, 0.2) is 24.3 Å². The lowest BCUT2D eigenvalue weighted by molar-refractivity contribution is 0.570. The molecule has 2 heteroatoms. The Morgan fingerprint density at radius 1 is 1.19 bits per heavy atom. The van der Waals surface area contributed by atoms with E-state index in [1.54, 1.807) is 0 Å². The molecular formula is C14H24N2. The van der Waals surface area contributed by atoms with Crippen molar-refractivity contribution in [3.05, 3.63) is 29.8 Å². The molecule has 1 aromatic carbocycles. The summed E-state index contributed by atoms with van der Waals surface area (Å²) in [6.45, 7) is 8.68. The standard InChI is InChI=1S/C14H24N2/c1-12(2)15-10-5-11-16(4)14-8-6-13(3)7-9-14/h6-9,12,15H,5,10-11H2,1-4H3. The molecule has 0 saturated carbocycles. The van der Waals surface area contributed by atoms with Crippen molar-refractivity contribution in [2.45, 2.75) is 33.2 Å². The van der Waals surface area contributed by atoms with Crippen LogP contribution in [0.25, 0.3) is 0 Å². The Kier molecular flexibility index (Phi) is 5.33. The first-order valence-electron chi connectivity index (χ1n) is 6.11. The van der Waals surface area contributed by atoms with E-state index in [1.165, 1.54) is 17.7 Å². The van der Waals surface area contributed by atoms with Gasteiger partial charge in [0.15, 0.2) is 0 Å². The first kappa shape index (κ1) is 13.0. The fourth-order valence-corrected chi connectivity index (χ4v) is 1.64. The van der Waals surface area contributed by atoms with Crippen LogP contribution in [0.5, 0.6) is 0 Å². The molecule has 0 aliphatic carbocycles. The number of rotatable bonds is 6. The second-order valence-corrected chi connectivity index (χ2v) is 4.72. The Hall–Kier alpha value is -1.02. The zero-order chi connectivity index (χ0) is 12.0. The minimum Gasteiger partial charge on any atom is -0.375 e. The highest BCUT2D eigenvalue weighted by Crippen LogP contribution is 2.13. The van der Waals surface area contributed by atoms with Gasteiger partial charge in [0.1, 0.15) is 0 Å². The molecule has 0 saturated heterocycles. The van der Waals surface area contributed by atoms with Crippen LogP contribution in [0.2, 0.25) is 0 Å². The van der Waals surface area contributed by atoms with Crippen LogP contribution in [0.1, 0.15) is 25.8 Å². The maximum Gasteiger partial charge on any atom is 0.0363 e. The predicted molar refractivity (Wildman–Crippen MR) is 72.2 cm³/mol. The second kappa shape index (κ2) is 6.54. The van der Waals surface area contributed by atoms with Gasteiger partial charge < -0.3 is 10.2 Å². The van der Waals surface area contributed by atoms with Crippen LogP contribution < -0.4 is 10.2 Å². The number of hydrogen-bond acceptors (Lipinski definition) is 2. The van der Waals surface area contributed by atoms with Crippen LogP contribution in [-0.2, 0) is 0 Å². The minimum absolute atomic E-state index is 0.588. The van der Waals surface area contributed by atoms with Crippen molar-refractivity contribution in [2.75, 3.05) is 25.0 Å². The number of nitrogens with one attached hydrogen (secondary N) is 1. The third kappa shape index (κ3) is 4.67. The summed E-state index contributed by atoms with van der Waals surface area (Å²) in [5.41, 5.74) is 2.62. The summed E-state index contributed by atoms with van der Waals surface area (Å²) in [6.07, 6.45) is 1.18. The second-order valence-electron chi connectivity index (χ2n) is 4.72. The Morgan fingerprint density at radius 2 is 1.81 bits per heavy atom. The summed E-state index contributed by atoms with van der Waals surface area (Å²) in [6, 6.07) is 9.29. The molecule has 1 N–H and O–H groups in total. The van der Waals surface area contributed by atoms with Crippen LogP contribution in [0.4, 0.5) is 5.69 Å². The van der Waals surface area contributed by atoms with E-state index in [0.717, 1.165) is 13.1 Å². The first-order chi connectivity index (χ1) is 7.59. The third-order valence-electron chi connectivity index (χ3n) is 2.70. The number of nitrogens with zero attached hydrogens (tertiary/aromatic N) is 1. The monoisotopic (exact) mass is 220 g/mol.